The molecule has 0 aliphatic heterocycles. The van der Waals surface area contributed by atoms with Crippen LogP contribution < -0.4 is 0 Å². The Balaban J connectivity index is 1.61. The molecule has 13 heavy (non-hydrogen) atoms. The van der Waals surface area contributed by atoms with Crippen molar-refractivity contribution < 1.29 is 4.74 Å². The smallest absolute Gasteiger partial charge is 0.0506 e. The van der Waals surface area contributed by atoms with Crippen LogP contribution >= 0.6 is 0 Å². The molecule has 0 spiro atoms. The van der Waals surface area contributed by atoms with Crippen LogP contribution in [0.25, 0.3) is 0 Å². The molecular weight excluding hydrogens is 160 g/mol. The molecule has 1 aliphatic carbocycles. The van der Waals surface area contributed by atoms with Gasteiger partial charge in [0.1, 0.15) is 0 Å². The SMILES string of the molecule is [c]1ccccc1CCOCC1CC1. The molecule has 0 unspecified atom stereocenters. The highest BCUT2D eigenvalue weighted by atomic mass is 16.5. The highest BCUT2D eigenvalue weighted by Crippen LogP contribution is 2.28. The van der Waals surface area contributed by atoms with E-state index in [0.29, 0.717) is 0 Å². The molecule has 1 aromatic carbocycles. The minimum Gasteiger partial charge on any atom is -0.381 e. The number of hydrogen-bond donors (Lipinski definition) is 0. The van der Waals surface area contributed by atoms with E-state index >= 15 is 0 Å². The van der Waals surface area contributed by atoms with Crippen LogP contribution in [0.4, 0.5) is 0 Å². The van der Waals surface area contributed by atoms with Crippen molar-refractivity contribution in [1.29, 1.82) is 0 Å². The van der Waals surface area contributed by atoms with Gasteiger partial charge in [0.15, 0.2) is 0 Å². The number of rotatable bonds is 5. The number of benzene rings is 1. The third-order valence-electron chi connectivity index (χ3n) is 2.34. The first-order chi connectivity index (χ1) is 6.45. The Kier molecular flexibility index (Phi) is 2.98. The van der Waals surface area contributed by atoms with Gasteiger partial charge in [0.05, 0.1) is 6.61 Å². The molecule has 0 aromatic heterocycles. The third kappa shape index (κ3) is 3.19. The second-order valence-electron chi connectivity index (χ2n) is 3.66. The predicted molar refractivity (Wildman–Crippen MR) is 52.5 cm³/mol. The van der Waals surface area contributed by atoms with Gasteiger partial charge < -0.3 is 4.74 Å². The maximum absolute atomic E-state index is 5.54. The summed E-state index contributed by atoms with van der Waals surface area (Å²) in [6.07, 6.45) is 3.74. The molecule has 0 bridgehead atoms. The quantitative estimate of drug-likeness (QED) is 0.625. The van der Waals surface area contributed by atoms with Gasteiger partial charge in [0, 0.05) is 6.61 Å². The van der Waals surface area contributed by atoms with E-state index < -0.39 is 0 Å². The van der Waals surface area contributed by atoms with Gasteiger partial charge >= 0.3 is 0 Å². The molecule has 0 amide bonds. The molecule has 1 aromatic rings. The van der Waals surface area contributed by atoms with Crippen molar-refractivity contribution in [3.8, 4) is 0 Å². The maximum Gasteiger partial charge on any atom is 0.0506 e. The average Bonchev–Trinajstić information content (AvgIpc) is 2.98. The molecule has 0 heterocycles. The van der Waals surface area contributed by atoms with Gasteiger partial charge in [-0.05, 0) is 36.8 Å². The fourth-order valence-electron chi connectivity index (χ4n) is 1.30. The monoisotopic (exact) mass is 175 g/mol. The molecule has 2 rings (SSSR count). The lowest BCUT2D eigenvalue weighted by molar-refractivity contribution is 0.127. The lowest BCUT2D eigenvalue weighted by Crippen LogP contribution is -2.01. The number of ether oxygens (including phenoxy) is 1. The van der Waals surface area contributed by atoms with E-state index in [-0.39, 0.29) is 0 Å². The Bertz CT molecular complexity index is 239. The van der Waals surface area contributed by atoms with Crippen molar-refractivity contribution in [1.82, 2.24) is 0 Å². The summed E-state index contributed by atoms with van der Waals surface area (Å²) in [4.78, 5) is 0. The second kappa shape index (κ2) is 4.43. The molecule has 1 radical (unpaired) electrons. The van der Waals surface area contributed by atoms with E-state index in [1.54, 1.807) is 0 Å². The zero-order valence-electron chi connectivity index (χ0n) is 7.83. The summed E-state index contributed by atoms with van der Waals surface area (Å²) in [6.45, 7) is 1.81. The average molecular weight is 175 g/mol. The van der Waals surface area contributed by atoms with E-state index in [0.717, 1.165) is 25.6 Å². The second-order valence-corrected chi connectivity index (χ2v) is 3.66. The minimum absolute atomic E-state index is 0.844. The van der Waals surface area contributed by atoms with E-state index in [9.17, 15) is 0 Å². The Labute approximate surface area is 79.7 Å². The van der Waals surface area contributed by atoms with Gasteiger partial charge in [-0.1, -0.05) is 24.3 Å². The third-order valence-corrected chi connectivity index (χ3v) is 2.34. The molecule has 1 saturated carbocycles. The topological polar surface area (TPSA) is 9.23 Å². The Morgan fingerprint density at radius 1 is 1.38 bits per heavy atom. The first kappa shape index (κ1) is 8.76. The molecular formula is C12H15O. The molecule has 1 fully saturated rings. The van der Waals surface area contributed by atoms with Crippen molar-refractivity contribution in [2.75, 3.05) is 13.2 Å². The summed E-state index contributed by atoms with van der Waals surface area (Å²) in [5.74, 6) is 0.875. The molecule has 0 N–H and O–H groups in total. The summed E-state index contributed by atoms with van der Waals surface area (Å²) < 4.78 is 5.54. The Morgan fingerprint density at radius 3 is 3.00 bits per heavy atom. The van der Waals surface area contributed by atoms with Crippen LogP contribution in [0, 0.1) is 12.0 Å². The van der Waals surface area contributed by atoms with Crippen LogP contribution in [0.3, 0.4) is 0 Å². The summed E-state index contributed by atoms with van der Waals surface area (Å²) in [6, 6.07) is 11.3. The highest BCUT2D eigenvalue weighted by molar-refractivity contribution is 5.12. The molecule has 0 saturated heterocycles. The van der Waals surface area contributed by atoms with Gasteiger partial charge in [0.2, 0.25) is 0 Å². The van der Waals surface area contributed by atoms with Crippen molar-refractivity contribution in [3.63, 3.8) is 0 Å². The summed E-state index contributed by atoms with van der Waals surface area (Å²) in [5.41, 5.74) is 1.25. The normalized spacial score (nSPS) is 16.0. The molecule has 1 nitrogen and oxygen atoms in total. The van der Waals surface area contributed by atoms with E-state index in [1.165, 1.54) is 18.4 Å². The Hall–Kier alpha value is -0.820. The van der Waals surface area contributed by atoms with Gasteiger partial charge in [-0.25, -0.2) is 0 Å². The van der Waals surface area contributed by atoms with Gasteiger partial charge in [-0.3, -0.25) is 0 Å². The predicted octanol–water partition coefficient (Wildman–Crippen LogP) is 2.46. The first-order valence-electron chi connectivity index (χ1n) is 4.98. The highest BCUT2D eigenvalue weighted by Gasteiger charge is 2.20. The standard InChI is InChI=1S/C12H15O/c1-2-4-11(5-3-1)8-9-13-10-12-6-7-12/h1-4,12H,6-10H2. The lowest BCUT2D eigenvalue weighted by atomic mass is 10.2. The largest absolute Gasteiger partial charge is 0.381 e. The van der Waals surface area contributed by atoms with Crippen molar-refractivity contribution in [2.24, 2.45) is 5.92 Å². The minimum atomic E-state index is 0.844. The van der Waals surface area contributed by atoms with E-state index in [2.05, 4.69) is 12.1 Å². The van der Waals surface area contributed by atoms with Crippen molar-refractivity contribution >= 4 is 0 Å². The van der Waals surface area contributed by atoms with Crippen LogP contribution in [0.1, 0.15) is 18.4 Å². The fourth-order valence-corrected chi connectivity index (χ4v) is 1.30. The van der Waals surface area contributed by atoms with Crippen LogP contribution in [0.2, 0.25) is 0 Å². The lowest BCUT2D eigenvalue weighted by Gasteiger charge is -2.02. The number of hydrogen-bond acceptors (Lipinski definition) is 1. The summed E-state index contributed by atoms with van der Waals surface area (Å²) in [7, 11) is 0. The zero-order chi connectivity index (χ0) is 8.93. The summed E-state index contributed by atoms with van der Waals surface area (Å²) in [5, 5.41) is 0. The van der Waals surface area contributed by atoms with Crippen molar-refractivity contribution in [2.45, 2.75) is 19.3 Å². The van der Waals surface area contributed by atoms with E-state index in [1.807, 2.05) is 18.2 Å². The first-order valence-corrected chi connectivity index (χ1v) is 4.98. The molecule has 1 heteroatoms. The fraction of sp³-hybridized carbons (Fsp3) is 0.500. The molecule has 1 aliphatic rings. The maximum atomic E-state index is 5.54. The van der Waals surface area contributed by atoms with Gasteiger partial charge in [-0.15, -0.1) is 0 Å². The zero-order valence-corrected chi connectivity index (χ0v) is 7.83. The van der Waals surface area contributed by atoms with Crippen LogP contribution in [-0.2, 0) is 11.2 Å². The van der Waals surface area contributed by atoms with Crippen molar-refractivity contribution in [3.05, 3.63) is 35.9 Å². The van der Waals surface area contributed by atoms with Crippen LogP contribution in [-0.4, -0.2) is 13.2 Å². The van der Waals surface area contributed by atoms with Crippen LogP contribution in [0.5, 0.6) is 0 Å². The molecule has 69 valence electrons. The Morgan fingerprint density at radius 2 is 2.31 bits per heavy atom. The van der Waals surface area contributed by atoms with Crippen LogP contribution in [0.15, 0.2) is 24.3 Å². The van der Waals surface area contributed by atoms with Gasteiger partial charge in [0.25, 0.3) is 0 Å². The molecule has 0 atom stereocenters. The summed E-state index contributed by atoms with van der Waals surface area (Å²) >= 11 is 0. The van der Waals surface area contributed by atoms with Gasteiger partial charge in [-0.2, -0.15) is 0 Å². The van der Waals surface area contributed by atoms with E-state index in [4.69, 9.17) is 4.74 Å².